The second-order valence-corrected chi connectivity index (χ2v) is 8.09. The molecule has 4 rings (SSSR count). The van der Waals surface area contributed by atoms with Crippen LogP contribution in [0.3, 0.4) is 0 Å². The number of carbonyl (C=O) groups excluding carboxylic acids is 1. The van der Waals surface area contributed by atoms with Crippen LogP contribution >= 0.6 is 0 Å². The second-order valence-electron chi connectivity index (χ2n) is 8.09. The average molecular weight is 437 g/mol. The van der Waals surface area contributed by atoms with E-state index in [0.717, 1.165) is 5.82 Å². The van der Waals surface area contributed by atoms with Crippen molar-refractivity contribution in [3.63, 3.8) is 0 Å². The van der Waals surface area contributed by atoms with Crippen LogP contribution in [0.15, 0.2) is 18.5 Å². The second kappa shape index (κ2) is 8.27. The quantitative estimate of drug-likeness (QED) is 0.636. The SMILES string of the molecule is CNc1cc(N2CCn3ncnc3C2)c(C(=O)NC2CCC(C(F)(F)F)CC2)cc1N. The van der Waals surface area contributed by atoms with Gasteiger partial charge in [-0.2, -0.15) is 18.3 Å². The van der Waals surface area contributed by atoms with Crippen molar-refractivity contribution in [1.29, 1.82) is 0 Å². The van der Waals surface area contributed by atoms with Gasteiger partial charge in [0.2, 0.25) is 0 Å². The minimum Gasteiger partial charge on any atom is -0.397 e. The number of anilines is 3. The lowest BCUT2D eigenvalue weighted by Gasteiger charge is -2.32. The summed E-state index contributed by atoms with van der Waals surface area (Å²) >= 11 is 0. The molecule has 1 aliphatic carbocycles. The molecular formula is C20H26F3N7O. The average Bonchev–Trinajstić information content (AvgIpc) is 3.21. The van der Waals surface area contributed by atoms with E-state index in [1.165, 1.54) is 6.33 Å². The van der Waals surface area contributed by atoms with Gasteiger partial charge in [-0.3, -0.25) is 4.79 Å². The predicted octanol–water partition coefficient (Wildman–Crippen LogP) is 2.77. The molecule has 11 heteroatoms. The van der Waals surface area contributed by atoms with Crippen LogP contribution in [0.1, 0.15) is 41.9 Å². The Bertz CT molecular complexity index is 951. The summed E-state index contributed by atoms with van der Waals surface area (Å²) in [5.41, 5.74) is 8.35. The van der Waals surface area contributed by atoms with Crippen LogP contribution in [-0.2, 0) is 13.1 Å². The van der Waals surface area contributed by atoms with Crippen LogP contribution in [-0.4, -0.2) is 46.5 Å². The van der Waals surface area contributed by atoms with E-state index in [0.29, 0.717) is 55.1 Å². The van der Waals surface area contributed by atoms with Crippen LogP contribution in [0, 0.1) is 5.92 Å². The Morgan fingerprint density at radius 2 is 1.94 bits per heavy atom. The highest BCUT2D eigenvalue weighted by molar-refractivity contribution is 6.02. The summed E-state index contributed by atoms with van der Waals surface area (Å²) in [6.07, 6.45) is -1.99. The molecule has 0 atom stereocenters. The molecule has 1 amide bonds. The number of fused-ring (bicyclic) bond motifs is 1. The monoisotopic (exact) mass is 437 g/mol. The number of benzene rings is 1. The van der Waals surface area contributed by atoms with Crippen molar-refractivity contribution in [2.24, 2.45) is 5.92 Å². The normalized spacial score (nSPS) is 21.5. The van der Waals surface area contributed by atoms with Crippen molar-refractivity contribution in [3.8, 4) is 0 Å². The maximum Gasteiger partial charge on any atom is 0.391 e. The van der Waals surface area contributed by atoms with Crippen molar-refractivity contribution in [3.05, 3.63) is 29.8 Å². The van der Waals surface area contributed by atoms with E-state index in [4.69, 9.17) is 5.73 Å². The number of hydrogen-bond acceptors (Lipinski definition) is 6. The molecule has 1 fully saturated rings. The van der Waals surface area contributed by atoms with Crippen molar-refractivity contribution in [2.75, 3.05) is 29.5 Å². The number of halogens is 3. The molecule has 2 aliphatic rings. The summed E-state index contributed by atoms with van der Waals surface area (Å²) < 4.78 is 40.6. The molecule has 2 aromatic rings. The number of nitrogens with one attached hydrogen (secondary N) is 2. The van der Waals surface area contributed by atoms with Crippen molar-refractivity contribution >= 4 is 23.0 Å². The number of nitrogens with zero attached hydrogens (tertiary/aromatic N) is 4. The maximum absolute atomic E-state index is 13.1. The third-order valence-corrected chi connectivity index (χ3v) is 6.16. The summed E-state index contributed by atoms with van der Waals surface area (Å²) in [7, 11) is 1.75. The maximum atomic E-state index is 13.1. The third-order valence-electron chi connectivity index (χ3n) is 6.16. The van der Waals surface area contributed by atoms with E-state index in [2.05, 4.69) is 20.7 Å². The molecule has 1 aromatic carbocycles. The number of aromatic nitrogens is 3. The van der Waals surface area contributed by atoms with Gasteiger partial charge in [0.1, 0.15) is 12.2 Å². The fraction of sp³-hybridized carbons (Fsp3) is 0.550. The smallest absolute Gasteiger partial charge is 0.391 e. The lowest BCUT2D eigenvalue weighted by atomic mass is 9.85. The number of nitrogen functional groups attached to an aromatic ring is 1. The minimum absolute atomic E-state index is 0.0317. The summed E-state index contributed by atoms with van der Waals surface area (Å²) in [4.78, 5) is 19.4. The van der Waals surface area contributed by atoms with Gasteiger partial charge in [-0.15, -0.1) is 0 Å². The summed E-state index contributed by atoms with van der Waals surface area (Å²) in [5, 5.41) is 10.1. The van der Waals surface area contributed by atoms with Crippen molar-refractivity contribution in [1.82, 2.24) is 20.1 Å². The highest BCUT2D eigenvalue weighted by atomic mass is 19.4. The Balaban J connectivity index is 1.53. The molecule has 2 heterocycles. The first kappa shape index (κ1) is 21.3. The van der Waals surface area contributed by atoms with Gasteiger partial charge in [-0.05, 0) is 37.8 Å². The van der Waals surface area contributed by atoms with Gasteiger partial charge in [0, 0.05) is 19.6 Å². The summed E-state index contributed by atoms with van der Waals surface area (Å²) in [5.74, 6) is -0.815. The highest BCUT2D eigenvalue weighted by Crippen LogP contribution is 2.38. The molecule has 31 heavy (non-hydrogen) atoms. The third kappa shape index (κ3) is 4.40. The Kier molecular flexibility index (Phi) is 5.67. The van der Waals surface area contributed by atoms with Gasteiger partial charge in [-0.1, -0.05) is 0 Å². The molecule has 0 saturated heterocycles. The van der Waals surface area contributed by atoms with Crippen LogP contribution in [0.5, 0.6) is 0 Å². The molecule has 1 saturated carbocycles. The standard InChI is InChI=1S/C20H26F3N7O/c1-25-16-9-17(29-6-7-30-18(10-29)26-11-27-30)14(8-15(16)24)19(31)28-13-4-2-12(3-5-13)20(21,22)23/h8-9,11-13,25H,2-7,10,24H2,1H3,(H,28,31). The molecule has 0 spiro atoms. The van der Waals surface area contributed by atoms with E-state index < -0.39 is 12.1 Å². The zero-order valence-electron chi connectivity index (χ0n) is 17.2. The van der Waals surface area contributed by atoms with Crippen molar-refractivity contribution < 1.29 is 18.0 Å². The van der Waals surface area contributed by atoms with Gasteiger partial charge >= 0.3 is 6.18 Å². The Hall–Kier alpha value is -2.98. The lowest BCUT2D eigenvalue weighted by molar-refractivity contribution is -0.182. The number of nitrogens with two attached hydrogens (primary N) is 1. The molecular weight excluding hydrogens is 411 g/mol. The first-order chi connectivity index (χ1) is 14.8. The van der Waals surface area contributed by atoms with Gasteiger partial charge in [0.05, 0.1) is 41.6 Å². The molecule has 0 bridgehead atoms. The first-order valence-electron chi connectivity index (χ1n) is 10.4. The van der Waals surface area contributed by atoms with Crippen LogP contribution in [0.25, 0.3) is 0 Å². The van der Waals surface area contributed by atoms with E-state index >= 15 is 0 Å². The molecule has 1 aromatic heterocycles. The number of carbonyl (C=O) groups is 1. The van der Waals surface area contributed by atoms with Crippen LogP contribution in [0.4, 0.5) is 30.2 Å². The van der Waals surface area contributed by atoms with E-state index in [9.17, 15) is 18.0 Å². The summed E-state index contributed by atoms with van der Waals surface area (Å²) in [6.45, 7) is 1.77. The zero-order chi connectivity index (χ0) is 22.2. The minimum atomic E-state index is -4.17. The molecule has 1 aliphatic heterocycles. The Morgan fingerprint density at radius 1 is 1.19 bits per heavy atom. The van der Waals surface area contributed by atoms with Crippen molar-refractivity contribution in [2.45, 2.75) is 51.0 Å². The number of alkyl halides is 3. The van der Waals surface area contributed by atoms with Gasteiger partial charge in [0.25, 0.3) is 5.91 Å². The lowest BCUT2D eigenvalue weighted by Crippen LogP contribution is -2.41. The van der Waals surface area contributed by atoms with Crippen LogP contribution < -0.4 is 21.3 Å². The molecule has 4 N–H and O–H groups in total. The number of amides is 1. The van der Waals surface area contributed by atoms with E-state index in [1.54, 1.807) is 13.1 Å². The molecule has 168 valence electrons. The largest absolute Gasteiger partial charge is 0.397 e. The predicted molar refractivity (Wildman–Crippen MR) is 111 cm³/mol. The first-order valence-corrected chi connectivity index (χ1v) is 10.4. The molecule has 0 unspecified atom stereocenters. The van der Waals surface area contributed by atoms with E-state index in [1.807, 2.05) is 15.6 Å². The molecule has 0 radical (unpaired) electrons. The Labute approximate surface area is 178 Å². The van der Waals surface area contributed by atoms with Gasteiger partial charge < -0.3 is 21.3 Å². The van der Waals surface area contributed by atoms with E-state index in [-0.39, 0.29) is 24.8 Å². The molecule has 8 nitrogen and oxygen atoms in total. The van der Waals surface area contributed by atoms with Gasteiger partial charge in [-0.25, -0.2) is 9.67 Å². The fourth-order valence-corrected chi connectivity index (χ4v) is 4.36. The highest BCUT2D eigenvalue weighted by Gasteiger charge is 2.41. The van der Waals surface area contributed by atoms with Crippen LogP contribution in [0.2, 0.25) is 0 Å². The number of rotatable bonds is 4. The number of hydrogen-bond donors (Lipinski definition) is 3. The zero-order valence-corrected chi connectivity index (χ0v) is 17.2. The topological polar surface area (TPSA) is 101 Å². The van der Waals surface area contributed by atoms with Gasteiger partial charge in [0.15, 0.2) is 0 Å². The summed E-state index contributed by atoms with van der Waals surface area (Å²) in [6, 6.07) is 3.17. The Morgan fingerprint density at radius 3 is 2.61 bits per heavy atom. The fourth-order valence-electron chi connectivity index (χ4n) is 4.36.